The van der Waals surface area contributed by atoms with Crippen LogP contribution < -0.4 is 21.3 Å². The molecule has 8 heteroatoms. The highest BCUT2D eigenvalue weighted by atomic mass is 16.2. The van der Waals surface area contributed by atoms with Crippen molar-refractivity contribution in [1.82, 2.24) is 19.8 Å². The van der Waals surface area contributed by atoms with Gasteiger partial charge >= 0.3 is 12.1 Å². The molecule has 4 N–H and O–H groups in total. The SMILES string of the molecule is CCn1c2ccccc2c2cc(NC(=O)NC(C)(C)c3cccc(C(C)(C)NC(=O)Nc4ccc5c(c4)c4ccccc4n5CC)c3)ccc21. The number of benzene rings is 5. The van der Waals surface area contributed by atoms with Crippen LogP contribution in [0, 0.1) is 0 Å². The zero-order valence-electron chi connectivity index (χ0n) is 29.5. The molecule has 254 valence electrons. The minimum Gasteiger partial charge on any atom is -0.341 e. The second-order valence-corrected chi connectivity index (χ2v) is 14.0. The second kappa shape index (κ2) is 12.6. The number of aromatic nitrogens is 2. The van der Waals surface area contributed by atoms with Crippen LogP contribution in [-0.4, -0.2) is 21.2 Å². The van der Waals surface area contributed by atoms with Gasteiger partial charge in [0.25, 0.3) is 0 Å². The van der Waals surface area contributed by atoms with E-state index in [4.69, 9.17) is 0 Å². The molecular formula is C42H44N6O2. The summed E-state index contributed by atoms with van der Waals surface area (Å²) in [6.07, 6.45) is 0. The fourth-order valence-electron chi connectivity index (χ4n) is 7.28. The largest absolute Gasteiger partial charge is 0.341 e. The fraction of sp³-hybridized carbons (Fsp3) is 0.238. The molecule has 0 aliphatic carbocycles. The number of nitrogens with one attached hydrogen (secondary N) is 4. The molecule has 0 aliphatic rings. The van der Waals surface area contributed by atoms with Crippen molar-refractivity contribution < 1.29 is 9.59 Å². The quantitative estimate of drug-likeness (QED) is 0.130. The molecular weight excluding hydrogens is 621 g/mol. The van der Waals surface area contributed by atoms with E-state index >= 15 is 0 Å². The topological polar surface area (TPSA) is 92.1 Å². The van der Waals surface area contributed by atoms with Gasteiger partial charge in [0.1, 0.15) is 0 Å². The van der Waals surface area contributed by atoms with Crippen molar-refractivity contribution in [3.63, 3.8) is 0 Å². The molecule has 0 radical (unpaired) electrons. The standard InChI is InChI=1S/C42H44N6O2/c1-7-47-35-18-11-9-16-31(35)33-25-29(20-22-37(33)47)43-39(49)45-41(3,4)27-14-13-15-28(24-27)42(5,6)46-40(50)44-30-21-23-38-34(26-30)32-17-10-12-19-36(32)48(38)8-2/h9-26H,7-8H2,1-6H3,(H2,43,45,49)(H2,44,46,50). The van der Waals surface area contributed by atoms with E-state index in [1.54, 1.807) is 0 Å². The van der Waals surface area contributed by atoms with Crippen LogP contribution in [-0.2, 0) is 24.2 Å². The van der Waals surface area contributed by atoms with E-state index < -0.39 is 11.1 Å². The molecule has 7 rings (SSSR count). The smallest absolute Gasteiger partial charge is 0.319 e. The maximum Gasteiger partial charge on any atom is 0.319 e. The van der Waals surface area contributed by atoms with Gasteiger partial charge in [-0.15, -0.1) is 0 Å². The molecule has 50 heavy (non-hydrogen) atoms. The van der Waals surface area contributed by atoms with E-state index in [2.05, 4.69) is 92.8 Å². The number of aryl methyl sites for hydroxylation is 2. The van der Waals surface area contributed by atoms with Gasteiger partial charge in [-0.05, 0) is 101 Å². The Bertz CT molecular complexity index is 2250. The summed E-state index contributed by atoms with van der Waals surface area (Å²) in [7, 11) is 0. The van der Waals surface area contributed by atoms with Gasteiger partial charge in [-0.1, -0.05) is 60.7 Å². The molecule has 0 aliphatic heterocycles. The van der Waals surface area contributed by atoms with Crippen molar-refractivity contribution in [2.75, 3.05) is 10.6 Å². The number of carbonyl (C=O) groups is 2. The number of nitrogens with zero attached hydrogens (tertiary/aromatic N) is 2. The lowest BCUT2D eigenvalue weighted by atomic mass is 9.87. The molecule has 0 bridgehead atoms. The summed E-state index contributed by atoms with van der Waals surface area (Å²) in [6, 6.07) is 36.2. The summed E-state index contributed by atoms with van der Waals surface area (Å²) in [5, 5.41) is 16.9. The van der Waals surface area contributed by atoms with Gasteiger partial charge in [-0.25, -0.2) is 9.59 Å². The van der Waals surface area contributed by atoms with Gasteiger partial charge in [-0.3, -0.25) is 0 Å². The normalized spacial score (nSPS) is 12.1. The summed E-state index contributed by atoms with van der Waals surface area (Å²) in [5.74, 6) is 0. The highest BCUT2D eigenvalue weighted by Gasteiger charge is 2.28. The first-order valence-electron chi connectivity index (χ1n) is 17.3. The molecule has 2 aromatic heterocycles. The zero-order chi connectivity index (χ0) is 35.2. The average Bonchev–Trinajstić information content (AvgIpc) is 3.59. The fourth-order valence-corrected chi connectivity index (χ4v) is 7.28. The molecule has 0 fully saturated rings. The third kappa shape index (κ3) is 5.91. The summed E-state index contributed by atoms with van der Waals surface area (Å²) in [4.78, 5) is 26.7. The van der Waals surface area contributed by atoms with Crippen molar-refractivity contribution >= 4 is 67.0 Å². The number of anilines is 2. The predicted molar refractivity (Wildman–Crippen MR) is 207 cm³/mol. The van der Waals surface area contributed by atoms with Gasteiger partial charge in [0.05, 0.1) is 11.1 Å². The van der Waals surface area contributed by atoms with Gasteiger partial charge < -0.3 is 30.4 Å². The zero-order valence-corrected chi connectivity index (χ0v) is 29.5. The van der Waals surface area contributed by atoms with Gasteiger partial charge in [-0.2, -0.15) is 0 Å². The number of hydrogen-bond acceptors (Lipinski definition) is 2. The van der Waals surface area contributed by atoms with E-state index in [1.807, 2.05) is 88.4 Å². The van der Waals surface area contributed by atoms with Crippen LogP contribution in [0.5, 0.6) is 0 Å². The van der Waals surface area contributed by atoms with Gasteiger partial charge in [0.2, 0.25) is 0 Å². The van der Waals surface area contributed by atoms with Gasteiger partial charge in [0.15, 0.2) is 0 Å². The monoisotopic (exact) mass is 664 g/mol. The number of carbonyl (C=O) groups excluding carboxylic acids is 2. The first-order chi connectivity index (χ1) is 24.0. The number of fused-ring (bicyclic) bond motifs is 6. The average molecular weight is 665 g/mol. The van der Waals surface area contributed by atoms with Crippen LogP contribution in [0.25, 0.3) is 43.6 Å². The Morgan fingerprint density at radius 2 is 0.900 bits per heavy atom. The molecule has 0 atom stereocenters. The van der Waals surface area contributed by atoms with Crippen molar-refractivity contribution in [2.24, 2.45) is 0 Å². The second-order valence-electron chi connectivity index (χ2n) is 14.0. The number of rotatable bonds is 8. The van der Waals surface area contributed by atoms with Crippen LogP contribution in [0.4, 0.5) is 21.0 Å². The summed E-state index contributed by atoms with van der Waals surface area (Å²) < 4.78 is 4.58. The Balaban J connectivity index is 1.04. The lowest BCUT2D eigenvalue weighted by Gasteiger charge is -2.31. The lowest BCUT2D eigenvalue weighted by molar-refractivity contribution is 0.241. The molecule has 4 amide bonds. The molecule has 5 aromatic carbocycles. The van der Waals surface area contributed by atoms with Crippen molar-refractivity contribution in [2.45, 2.75) is 65.7 Å². The molecule has 0 unspecified atom stereocenters. The number of para-hydroxylation sites is 2. The third-order valence-corrected chi connectivity index (χ3v) is 9.85. The Morgan fingerprint density at radius 1 is 0.500 bits per heavy atom. The van der Waals surface area contributed by atoms with Crippen molar-refractivity contribution in [3.8, 4) is 0 Å². The first kappa shape index (κ1) is 32.8. The van der Waals surface area contributed by atoms with Crippen LogP contribution in [0.15, 0.2) is 109 Å². The van der Waals surface area contributed by atoms with E-state index in [0.29, 0.717) is 0 Å². The summed E-state index contributed by atoms with van der Waals surface area (Å²) in [5.41, 5.74) is 6.53. The molecule has 0 saturated carbocycles. The minimum atomic E-state index is -0.701. The van der Waals surface area contributed by atoms with E-state index in [0.717, 1.165) is 68.2 Å². The Kier molecular flexibility index (Phi) is 8.26. The Labute approximate surface area is 292 Å². The Morgan fingerprint density at radius 3 is 1.32 bits per heavy atom. The Hall–Kier alpha value is -5.76. The van der Waals surface area contributed by atoms with Gasteiger partial charge in [0, 0.05) is 68.1 Å². The lowest BCUT2D eigenvalue weighted by Crippen LogP contribution is -2.45. The summed E-state index contributed by atoms with van der Waals surface area (Å²) in [6.45, 7) is 13.9. The highest BCUT2D eigenvalue weighted by molar-refractivity contribution is 6.11. The molecule has 0 spiro atoms. The number of hydrogen-bond donors (Lipinski definition) is 4. The van der Waals surface area contributed by atoms with Crippen LogP contribution >= 0.6 is 0 Å². The van der Waals surface area contributed by atoms with Crippen LogP contribution in [0.1, 0.15) is 52.7 Å². The first-order valence-corrected chi connectivity index (χ1v) is 17.3. The van der Waals surface area contributed by atoms with E-state index in [-0.39, 0.29) is 12.1 Å². The van der Waals surface area contributed by atoms with Crippen LogP contribution in [0.2, 0.25) is 0 Å². The molecule has 7 aromatic rings. The van der Waals surface area contributed by atoms with Crippen molar-refractivity contribution in [1.29, 1.82) is 0 Å². The van der Waals surface area contributed by atoms with E-state index in [9.17, 15) is 9.59 Å². The highest BCUT2D eigenvalue weighted by Crippen LogP contribution is 2.33. The van der Waals surface area contributed by atoms with Crippen LogP contribution in [0.3, 0.4) is 0 Å². The summed E-state index contributed by atoms with van der Waals surface area (Å²) >= 11 is 0. The van der Waals surface area contributed by atoms with E-state index in [1.165, 1.54) is 11.0 Å². The third-order valence-electron chi connectivity index (χ3n) is 9.85. The maximum absolute atomic E-state index is 13.3. The molecule has 8 nitrogen and oxygen atoms in total. The minimum absolute atomic E-state index is 0.297. The number of amides is 4. The maximum atomic E-state index is 13.3. The molecule has 0 saturated heterocycles. The molecule has 2 heterocycles. The van der Waals surface area contributed by atoms with Crippen molar-refractivity contribution in [3.05, 3.63) is 120 Å². The number of urea groups is 2. The predicted octanol–water partition coefficient (Wildman–Crippen LogP) is 10.1.